The normalized spacial score (nSPS) is 11.3. The molecule has 0 radical (unpaired) electrons. The summed E-state index contributed by atoms with van der Waals surface area (Å²) in [6.45, 7) is -0.210. The lowest BCUT2D eigenvalue weighted by Gasteiger charge is -2.05. The van der Waals surface area contributed by atoms with E-state index in [1.165, 1.54) is 19.2 Å². The van der Waals surface area contributed by atoms with Crippen LogP contribution in [-0.2, 0) is 24.4 Å². The van der Waals surface area contributed by atoms with Gasteiger partial charge < -0.3 is 15.4 Å². The highest BCUT2D eigenvalue weighted by Crippen LogP contribution is 2.14. The summed E-state index contributed by atoms with van der Waals surface area (Å²) in [6.07, 6.45) is 1.05. The van der Waals surface area contributed by atoms with Crippen LogP contribution in [-0.4, -0.2) is 38.5 Å². The number of nitriles is 1. The van der Waals surface area contributed by atoms with Crippen molar-refractivity contribution in [2.45, 2.75) is 4.90 Å². The SMILES string of the molecule is COC(=O)CN/C=C(/C#N)C(=O)Nc1ccc(S(=O)(=O)O)cc1. The summed E-state index contributed by atoms with van der Waals surface area (Å²) in [7, 11) is -3.13. The van der Waals surface area contributed by atoms with Gasteiger partial charge in [0, 0.05) is 11.9 Å². The average molecular weight is 339 g/mol. The maximum atomic E-state index is 11.8. The summed E-state index contributed by atoms with van der Waals surface area (Å²) in [5.74, 6) is -1.33. The molecule has 1 aromatic carbocycles. The summed E-state index contributed by atoms with van der Waals surface area (Å²) >= 11 is 0. The summed E-state index contributed by atoms with van der Waals surface area (Å²) in [5, 5.41) is 13.7. The maximum absolute atomic E-state index is 11.8. The van der Waals surface area contributed by atoms with E-state index in [-0.39, 0.29) is 22.7 Å². The lowest BCUT2D eigenvalue weighted by atomic mass is 10.2. The number of carbonyl (C=O) groups excluding carboxylic acids is 2. The topological polar surface area (TPSA) is 146 Å². The third-order valence-corrected chi connectivity index (χ3v) is 3.36. The molecule has 122 valence electrons. The Morgan fingerprint density at radius 3 is 2.43 bits per heavy atom. The van der Waals surface area contributed by atoms with E-state index >= 15 is 0 Å². The highest BCUT2D eigenvalue weighted by atomic mass is 32.2. The first-order valence-electron chi connectivity index (χ1n) is 6.07. The van der Waals surface area contributed by atoms with Crippen LogP contribution in [0.25, 0.3) is 0 Å². The van der Waals surface area contributed by atoms with Crippen molar-refractivity contribution in [2.75, 3.05) is 19.0 Å². The van der Waals surface area contributed by atoms with E-state index in [1.54, 1.807) is 6.07 Å². The molecule has 1 aromatic rings. The van der Waals surface area contributed by atoms with E-state index in [0.717, 1.165) is 18.3 Å². The predicted molar refractivity (Wildman–Crippen MR) is 78.6 cm³/mol. The Balaban J connectivity index is 2.75. The van der Waals surface area contributed by atoms with Crippen molar-refractivity contribution < 1.29 is 27.3 Å². The molecular weight excluding hydrogens is 326 g/mol. The van der Waals surface area contributed by atoms with Crippen molar-refractivity contribution in [3.63, 3.8) is 0 Å². The molecule has 0 atom stereocenters. The number of anilines is 1. The number of amides is 1. The van der Waals surface area contributed by atoms with Gasteiger partial charge >= 0.3 is 5.97 Å². The van der Waals surface area contributed by atoms with E-state index in [2.05, 4.69) is 15.4 Å². The van der Waals surface area contributed by atoms with Gasteiger partial charge in [0.1, 0.15) is 18.2 Å². The molecular formula is C13H13N3O6S. The lowest BCUT2D eigenvalue weighted by molar-refractivity contribution is -0.139. The minimum Gasteiger partial charge on any atom is -0.468 e. The molecule has 0 aliphatic carbocycles. The number of hydrogen-bond donors (Lipinski definition) is 3. The second kappa shape index (κ2) is 7.92. The first kappa shape index (κ1) is 18.1. The molecule has 1 rings (SSSR count). The quantitative estimate of drug-likeness (QED) is 0.285. The van der Waals surface area contributed by atoms with Crippen molar-refractivity contribution in [1.82, 2.24) is 5.32 Å². The molecule has 0 aliphatic rings. The van der Waals surface area contributed by atoms with Crippen molar-refractivity contribution in [3.05, 3.63) is 36.0 Å². The molecule has 0 aliphatic heterocycles. The van der Waals surface area contributed by atoms with Crippen LogP contribution in [0.15, 0.2) is 40.9 Å². The van der Waals surface area contributed by atoms with Gasteiger partial charge in [-0.1, -0.05) is 0 Å². The standard InChI is InChI=1S/C13H13N3O6S/c1-22-12(17)8-15-7-9(6-14)13(18)16-10-2-4-11(5-3-10)23(19,20)21/h2-5,7,15H,8H2,1H3,(H,16,18)(H,19,20,21)/b9-7-. The molecule has 0 saturated heterocycles. The monoisotopic (exact) mass is 339 g/mol. The summed E-state index contributed by atoms with van der Waals surface area (Å²) in [6, 6.07) is 6.33. The van der Waals surface area contributed by atoms with Gasteiger partial charge in [-0.25, -0.2) is 0 Å². The first-order chi connectivity index (χ1) is 10.8. The molecule has 1 amide bonds. The van der Waals surface area contributed by atoms with Crippen LogP contribution in [0, 0.1) is 11.3 Å². The number of hydrogen-bond acceptors (Lipinski definition) is 7. The van der Waals surface area contributed by atoms with Crippen LogP contribution >= 0.6 is 0 Å². The summed E-state index contributed by atoms with van der Waals surface area (Å²) in [5.41, 5.74) is -0.0794. The zero-order valence-electron chi connectivity index (χ0n) is 11.9. The van der Waals surface area contributed by atoms with Crippen LogP contribution in [0.2, 0.25) is 0 Å². The molecule has 0 bridgehead atoms. The second-order valence-electron chi connectivity index (χ2n) is 4.08. The number of esters is 1. The van der Waals surface area contributed by atoms with Crippen molar-refractivity contribution in [1.29, 1.82) is 5.26 Å². The van der Waals surface area contributed by atoms with Gasteiger partial charge in [-0.3, -0.25) is 14.1 Å². The van der Waals surface area contributed by atoms with E-state index in [1.807, 2.05) is 0 Å². The van der Waals surface area contributed by atoms with Gasteiger partial charge in [-0.05, 0) is 24.3 Å². The number of nitrogens with one attached hydrogen (secondary N) is 2. The number of nitrogens with zero attached hydrogens (tertiary/aromatic N) is 1. The molecule has 0 heterocycles. The Labute approximate surface area is 132 Å². The Kier molecular flexibility index (Phi) is 6.25. The molecule has 9 nitrogen and oxygen atoms in total. The lowest BCUT2D eigenvalue weighted by Crippen LogP contribution is -2.22. The summed E-state index contributed by atoms with van der Waals surface area (Å²) < 4.78 is 35.0. The fourth-order valence-electron chi connectivity index (χ4n) is 1.37. The van der Waals surface area contributed by atoms with Crippen LogP contribution < -0.4 is 10.6 Å². The van der Waals surface area contributed by atoms with Crippen molar-refractivity contribution in [3.8, 4) is 6.07 Å². The number of rotatable bonds is 6. The third-order valence-electron chi connectivity index (χ3n) is 2.50. The smallest absolute Gasteiger partial charge is 0.325 e. The second-order valence-corrected chi connectivity index (χ2v) is 5.50. The number of methoxy groups -OCH3 is 1. The van der Waals surface area contributed by atoms with Crippen molar-refractivity contribution in [2.24, 2.45) is 0 Å². The van der Waals surface area contributed by atoms with Gasteiger partial charge in [0.25, 0.3) is 16.0 Å². The van der Waals surface area contributed by atoms with E-state index in [4.69, 9.17) is 9.81 Å². The first-order valence-corrected chi connectivity index (χ1v) is 7.51. The molecule has 0 aromatic heterocycles. The molecule has 3 N–H and O–H groups in total. The van der Waals surface area contributed by atoms with E-state index in [0.29, 0.717) is 0 Å². The van der Waals surface area contributed by atoms with Gasteiger partial charge in [0.15, 0.2) is 0 Å². The van der Waals surface area contributed by atoms with Crippen molar-refractivity contribution >= 4 is 27.7 Å². The molecule has 0 fully saturated rings. The summed E-state index contributed by atoms with van der Waals surface area (Å²) in [4.78, 5) is 22.4. The largest absolute Gasteiger partial charge is 0.468 e. The van der Waals surface area contributed by atoms with Crippen LogP contribution in [0.1, 0.15) is 0 Å². The Bertz CT molecular complexity index is 762. The van der Waals surface area contributed by atoms with E-state index < -0.39 is 22.0 Å². The molecule has 23 heavy (non-hydrogen) atoms. The Morgan fingerprint density at radius 2 is 1.96 bits per heavy atom. The fraction of sp³-hybridized carbons (Fsp3) is 0.154. The zero-order valence-corrected chi connectivity index (χ0v) is 12.8. The van der Waals surface area contributed by atoms with Crippen LogP contribution in [0.3, 0.4) is 0 Å². The Hall–Kier alpha value is -2.90. The van der Waals surface area contributed by atoms with Gasteiger partial charge in [0.2, 0.25) is 0 Å². The number of benzene rings is 1. The van der Waals surface area contributed by atoms with Crippen LogP contribution in [0.5, 0.6) is 0 Å². The highest BCUT2D eigenvalue weighted by Gasteiger charge is 2.12. The van der Waals surface area contributed by atoms with E-state index in [9.17, 15) is 18.0 Å². The maximum Gasteiger partial charge on any atom is 0.325 e. The molecule has 10 heteroatoms. The number of ether oxygens (including phenoxy) is 1. The Morgan fingerprint density at radius 1 is 1.35 bits per heavy atom. The third kappa shape index (κ3) is 5.77. The highest BCUT2D eigenvalue weighted by molar-refractivity contribution is 7.85. The average Bonchev–Trinajstić information content (AvgIpc) is 2.50. The molecule has 0 spiro atoms. The van der Waals surface area contributed by atoms with Crippen LogP contribution in [0.4, 0.5) is 5.69 Å². The van der Waals surface area contributed by atoms with Gasteiger partial charge in [-0.15, -0.1) is 0 Å². The minimum absolute atomic E-state index is 0.210. The predicted octanol–water partition coefficient (Wildman–Crippen LogP) is 0.0419. The molecule has 0 saturated carbocycles. The minimum atomic E-state index is -4.32. The number of carbonyl (C=O) groups is 2. The van der Waals surface area contributed by atoms with Gasteiger partial charge in [0.05, 0.1) is 12.0 Å². The van der Waals surface area contributed by atoms with Gasteiger partial charge in [-0.2, -0.15) is 13.7 Å². The fourth-order valence-corrected chi connectivity index (χ4v) is 1.85. The zero-order chi connectivity index (χ0) is 17.5. The molecule has 0 unspecified atom stereocenters.